The maximum absolute atomic E-state index is 12.3. The Morgan fingerprint density at radius 3 is 2.96 bits per heavy atom. The first kappa shape index (κ1) is 16.8. The highest BCUT2D eigenvalue weighted by atomic mass is 32.1. The molecule has 2 heterocycles. The van der Waals surface area contributed by atoms with Crippen molar-refractivity contribution in [2.24, 2.45) is 0 Å². The van der Waals surface area contributed by atoms with Crippen molar-refractivity contribution in [1.82, 2.24) is 9.55 Å². The third kappa shape index (κ3) is 3.56. The molecule has 0 atom stereocenters. The zero-order chi connectivity index (χ0) is 18.0. The summed E-state index contributed by atoms with van der Waals surface area (Å²) in [6, 6.07) is 5.98. The minimum absolute atomic E-state index is 0.0549. The lowest BCUT2D eigenvalue weighted by Crippen LogP contribution is -2.23. The van der Waals surface area contributed by atoms with E-state index in [0.717, 1.165) is 5.56 Å². The topological polar surface area (TPSA) is 107 Å². The van der Waals surface area contributed by atoms with Gasteiger partial charge in [0.05, 0.1) is 22.3 Å². The normalized spacial score (nSPS) is 10.8. The summed E-state index contributed by atoms with van der Waals surface area (Å²) >= 11 is 1.38. The first-order chi connectivity index (χ1) is 12.0. The molecule has 0 radical (unpaired) electrons. The van der Waals surface area contributed by atoms with E-state index in [-0.39, 0.29) is 30.1 Å². The molecule has 25 heavy (non-hydrogen) atoms. The van der Waals surface area contributed by atoms with Crippen LogP contribution in [-0.4, -0.2) is 20.4 Å². The Morgan fingerprint density at radius 2 is 2.20 bits per heavy atom. The van der Waals surface area contributed by atoms with Gasteiger partial charge in [-0.3, -0.25) is 24.3 Å². The van der Waals surface area contributed by atoms with Crippen LogP contribution in [0.2, 0.25) is 0 Å². The number of aromatic nitrogens is 2. The molecule has 0 unspecified atom stereocenters. The summed E-state index contributed by atoms with van der Waals surface area (Å²) in [5.41, 5.74) is 0.824. The van der Waals surface area contributed by atoms with Gasteiger partial charge in [0.1, 0.15) is 4.83 Å². The Hall–Kier alpha value is -3.07. The number of benzene rings is 1. The monoisotopic (exact) mass is 358 g/mol. The first-order valence-corrected chi connectivity index (χ1v) is 8.31. The van der Waals surface area contributed by atoms with E-state index in [1.54, 1.807) is 24.4 Å². The molecule has 0 spiro atoms. The lowest BCUT2D eigenvalue weighted by atomic mass is 10.2. The summed E-state index contributed by atoms with van der Waals surface area (Å²) in [5, 5.41) is 15.8. The standard InChI is InChI=1S/C16H14N4O4S/c1-10-2-3-11(20(23)24)8-13(10)18-14(21)4-6-19-9-17-15-12(16(19)22)5-7-25-15/h2-3,5,7-9H,4,6H2,1H3,(H,18,21). The number of amides is 1. The number of non-ortho nitro benzene ring substituents is 1. The maximum Gasteiger partial charge on any atom is 0.271 e. The van der Waals surface area contributed by atoms with Crippen molar-refractivity contribution >= 4 is 38.8 Å². The predicted molar refractivity (Wildman–Crippen MR) is 95.0 cm³/mol. The van der Waals surface area contributed by atoms with Crippen molar-refractivity contribution < 1.29 is 9.72 Å². The van der Waals surface area contributed by atoms with Crippen LogP contribution >= 0.6 is 11.3 Å². The number of nitro groups is 1. The number of rotatable bonds is 5. The van der Waals surface area contributed by atoms with Gasteiger partial charge < -0.3 is 5.32 Å². The van der Waals surface area contributed by atoms with Crippen LogP contribution in [0, 0.1) is 17.0 Å². The number of fused-ring (bicyclic) bond motifs is 1. The lowest BCUT2D eigenvalue weighted by Gasteiger charge is -2.09. The van der Waals surface area contributed by atoms with E-state index in [2.05, 4.69) is 10.3 Å². The van der Waals surface area contributed by atoms with Gasteiger partial charge in [0, 0.05) is 25.1 Å². The molecule has 0 saturated carbocycles. The van der Waals surface area contributed by atoms with Crippen molar-refractivity contribution in [1.29, 1.82) is 0 Å². The molecule has 128 valence electrons. The van der Waals surface area contributed by atoms with Crippen LogP contribution in [0.25, 0.3) is 10.2 Å². The largest absolute Gasteiger partial charge is 0.326 e. The highest BCUT2D eigenvalue weighted by Gasteiger charge is 2.12. The predicted octanol–water partition coefficient (Wildman–Crippen LogP) is 2.70. The average molecular weight is 358 g/mol. The molecule has 0 aliphatic rings. The molecule has 0 aliphatic heterocycles. The summed E-state index contributed by atoms with van der Waals surface area (Å²) in [6.07, 6.45) is 1.48. The number of carbonyl (C=O) groups excluding carboxylic acids is 1. The third-order valence-corrected chi connectivity index (χ3v) is 4.56. The Morgan fingerprint density at radius 1 is 1.40 bits per heavy atom. The fraction of sp³-hybridized carbons (Fsp3) is 0.188. The van der Waals surface area contributed by atoms with Gasteiger partial charge in [0.25, 0.3) is 11.2 Å². The first-order valence-electron chi connectivity index (χ1n) is 7.43. The quantitative estimate of drug-likeness (QED) is 0.557. The molecule has 3 aromatic rings. The molecule has 0 bridgehead atoms. The van der Waals surface area contributed by atoms with Crippen LogP contribution in [0.15, 0.2) is 40.8 Å². The number of aryl methyl sites for hydroxylation is 2. The molecule has 8 nitrogen and oxygen atoms in total. The summed E-state index contributed by atoms with van der Waals surface area (Å²) in [7, 11) is 0. The summed E-state index contributed by atoms with van der Waals surface area (Å²) < 4.78 is 1.38. The Balaban J connectivity index is 1.70. The lowest BCUT2D eigenvalue weighted by molar-refractivity contribution is -0.384. The zero-order valence-corrected chi connectivity index (χ0v) is 14.1. The number of carbonyl (C=O) groups is 1. The number of hydrogen-bond acceptors (Lipinski definition) is 6. The number of nitro benzene ring substituents is 1. The molecule has 3 rings (SSSR count). The Kier molecular flexibility index (Phi) is 4.57. The van der Waals surface area contributed by atoms with E-state index in [4.69, 9.17) is 0 Å². The fourth-order valence-corrected chi connectivity index (χ4v) is 3.07. The number of anilines is 1. The molecular formula is C16H14N4O4S. The van der Waals surface area contributed by atoms with E-state index >= 15 is 0 Å². The number of hydrogen-bond donors (Lipinski definition) is 1. The molecule has 0 aliphatic carbocycles. The van der Waals surface area contributed by atoms with Crippen LogP contribution in [0.5, 0.6) is 0 Å². The number of nitrogens with one attached hydrogen (secondary N) is 1. The van der Waals surface area contributed by atoms with Gasteiger partial charge >= 0.3 is 0 Å². The van der Waals surface area contributed by atoms with Gasteiger partial charge in [-0.15, -0.1) is 11.3 Å². The second kappa shape index (κ2) is 6.81. The van der Waals surface area contributed by atoms with Crippen molar-refractivity contribution in [3.63, 3.8) is 0 Å². The molecule has 1 aromatic carbocycles. The second-order valence-corrected chi connectivity index (χ2v) is 6.33. The highest BCUT2D eigenvalue weighted by Crippen LogP contribution is 2.22. The van der Waals surface area contributed by atoms with Crippen molar-refractivity contribution in [3.05, 3.63) is 62.0 Å². The zero-order valence-electron chi connectivity index (χ0n) is 13.3. The van der Waals surface area contributed by atoms with Crippen LogP contribution < -0.4 is 10.9 Å². The van der Waals surface area contributed by atoms with Crippen LogP contribution in [0.4, 0.5) is 11.4 Å². The number of thiophene rings is 1. The molecule has 0 saturated heterocycles. The smallest absolute Gasteiger partial charge is 0.271 e. The Bertz CT molecular complexity index is 1020. The minimum atomic E-state index is -0.517. The molecule has 9 heteroatoms. The van der Waals surface area contributed by atoms with Gasteiger partial charge in [-0.05, 0) is 23.9 Å². The van der Waals surface area contributed by atoms with E-state index < -0.39 is 4.92 Å². The number of nitrogens with zero attached hydrogens (tertiary/aromatic N) is 3. The van der Waals surface area contributed by atoms with E-state index in [1.165, 1.54) is 34.4 Å². The third-order valence-electron chi connectivity index (χ3n) is 3.74. The van der Waals surface area contributed by atoms with Gasteiger partial charge in [0.2, 0.25) is 5.91 Å². The average Bonchev–Trinajstić information content (AvgIpc) is 3.05. The summed E-state index contributed by atoms with van der Waals surface area (Å²) in [6.45, 7) is 1.93. The van der Waals surface area contributed by atoms with Gasteiger partial charge in [-0.2, -0.15) is 0 Å². The van der Waals surface area contributed by atoms with E-state index in [9.17, 15) is 19.7 Å². The molecular weight excluding hydrogens is 344 g/mol. The highest BCUT2D eigenvalue weighted by molar-refractivity contribution is 7.16. The molecule has 2 aromatic heterocycles. The van der Waals surface area contributed by atoms with Gasteiger partial charge in [-0.1, -0.05) is 6.07 Å². The van der Waals surface area contributed by atoms with Crippen LogP contribution in [0.1, 0.15) is 12.0 Å². The SMILES string of the molecule is Cc1ccc([N+](=O)[O-])cc1NC(=O)CCn1cnc2sccc2c1=O. The van der Waals surface area contributed by atoms with Crippen LogP contribution in [-0.2, 0) is 11.3 Å². The van der Waals surface area contributed by atoms with Crippen molar-refractivity contribution in [2.45, 2.75) is 19.9 Å². The summed E-state index contributed by atoms with van der Waals surface area (Å²) in [4.78, 5) is 39.5. The van der Waals surface area contributed by atoms with Gasteiger partial charge in [0.15, 0.2) is 0 Å². The van der Waals surface area contributed by atoms with Crippen LogP contribution in [0.3, 0.4) is 0 Å². The molecule has 1 amide bonds. The minimum Gasteiger partial charge on any atom is -0.326 e. The van der Waals surface area contributed by atoms with Gasteiger partial charge in [-0.25, -0.2) is 4.98 Å². The van der Waals surface area contributed by atoms with E-state index in [0.29, 0.717) is 15.9 Å². The maximum atomic E-state index is 12.3. The van der Waals surface area contributed by atoms with Crippen molar-refractivity contribution in [2.75, 3.05) is 5.32 Å². The van der Waals surface area contributed by atoms with Crippen molar-refractivity contribution in [3.8, 4) is 0 Å². The molecule has 1 N–H and O–H groups in total. The molecule has 0 fully saturated rings. The second-order valence-electron chi connectivity index (χ2n) is 5.44. The Labute approximate surface area is 145 Å². The fourth-order valence-electron chi connectivity index (χ4n) is 2.35. The summed E-state index contributed by atoms with van der Waals surface area (Å²) in [5.74, 6) is -0.332. The van der Waals surface area contributed by atoms with E-state index in [1.807, 2.05) is 0 Å².